The van der Waals surface area contributed by atoms with Crippen molar-refractivity contribution in [2.45, 2.75) is 58.3 Å². The Labute approximate surface area is 139 Å². The van der Waals surface area contributed by atoms with E-state index >= 15 is 0 Å². The zero-order chi connectivity index (χ0) is 16.8. The first-order valence-corrected chi connectivity index (χ1v) is 8.78. The van der Waals surface area contributed by atoms with Crippen LogP contribution in [-0.2, 0) is 9.47 Å². The number of benzene rings is 1. The van der Waals surface area contributed by atoms with Gasteiger partial charge >= 0.3 is 5.97 Å². The first-order valence-electron chi connectivity index (χ1n) is 8.78. The highest BCUT2D eigenvalue weighted by Gasteiger charge is 2.06. The van der Waals surface area contributed by atoms with Gasteiger partial charge in [-0.2, -0.15) is 0 Å². The highest BCUT2D eigenvalue weighted by molar-refractivity contribution is 5.89. The summed E-state index contributed by atoms with van der Waals surface area (Å²) in [4.78, 5) is 11.7. The minimum absolute atomic E-state index is 0.134. The number of carbonyl (C=O) groups is 1. The number of phenolic OH excluding ortho intramolecular Hbond substituents is 1. The molecule has 0 aliphatic rings. The van der Waals surface area contributed by atoms with Gasteiger partial charge in [-0.15, -0.1) is 0 Å². The van der Waals surface area contributed by atoms with Crippen molar-refractivity contribution in [3.63, 3.8) is 0 Å². The number of rotatable bonds is 13. The van der Waals surface area contributed by atoms with E-state index in [1.165, 1.54) is 57.1 Å². The van der Waals surface area contributed by atoms with Crippen LogP contribution in [0.4, 0.5) is 0 Å². The number of esters is 1. The Morgan fingerprint density at radius 3 is 2.13 bits per heavy atom. The van der Waals surface area contributed by atoms with Gasteiger partial charge in [0.1, 0.15) is 12.4 Å². The Balaban J connectivity index is 1.89. The quantitative estimate of drug-likeness (QED) is 0.422. The maximum absolute atomic E-state index is 11.7. The van der Waals surface area contributed by atoms with E-state index in [1.807, 2.05) is 0 Å². The Hall–Kier alpha value is -1.55. The van der Waals surface area contributed by atoms with E-state index in [0.29, 0.717) is 12.2 Å². The van der Waals surface area contributed by atoms with Gasteiger partial charge in [0.25, 0.3) is 0 Å². The summed E-state index contributed by atoms with van der Waals surface area (Å²) in [6, 6.07) is 6.02. The number of hydrogen-bond donors (Lipinski definition) is 1. The van der Waals surface area contributed by atoms with Crippen molar-refractivity contribution in [2.75, 3.05) is 19.8 Å². The van der Waals surface area contributed by atoms with Crippen molar-refractivity contribution in [1.29, 1.82) is 0 Å². The maximum atomic E-state index is 11.7. The predicted molar refractivity (Wildman–Crippen MR) is 91.8 cm³/mol. The first kappa shape index (κ1) is 19.5. The summed E-state index contributed by atoms with van der Waals surface area (Å²) in [6.07, 6.45) is 10.2. The normalized spacial score (nSPS) is 10.7. The molecule has 4 nitrogen and oxygen atoms in total. The van der Waals surface area contributed by atoms with Crippen molar-refractivity contribution in [1.82, 2.24) is 0 Å². The lowest BCUT2D eigenvalue weighted by Gasteiger charge is -2.06. The molecule has 0 spiro atoms. The van der Waals surface area contributed by atoms with Crippen LogP contribution >= 0.6 is 0 Å². The van der Waals surface area contributed by atoms with E-state index in [0.717, 1.165) is 13.0 Å². The van der Waals surface area contributed by atoms with Crippen LogP contribution in [0.15, 0.2) is 24.3 Å². The van der Waals surface area contributed by atoms with Crippen LogP contribution in [0, 0.1) is 0 Å². The van der Waals surface area contributed by atoms with E-state index in [2.05, 4.69) is 6.92 Å². The minimum atomic E-state index is -0.388. The van der Waals surface area contributed by atoms with Crippen molar-refractivity contribution in [2.24, 2.45) is 0 Å². The Kier molecular flexibility index (Phi) is 11.0. The molecule has 0 aliphatic carbocycles. The van der Waals surface area contributed by atoms with Gasteiger partial charge < -0.3 is 14.6 Å². The van der Waals surface area contributed by atoms with Crippen LogP contribution in [0.1, 0.15) is 68.6 Å². The summed E-state index contributed by atoms with van der Waals surface area (Å²) >= 11 is 0. The topological polar surface area (TPSA) is 55.8 Å². The SMILES string of the molecule is CCCCCCCCCCOCCOC(=O)c1ccc(O)cc1. The molecule has 130 valence electrons. The Morgan fingerprint density at radius 1 is 0.870 bits per heavy atom. The third-order valence-corrected chi connectivity index (χ3v) is 3.71. The molecule has 0 aromatic heterocycles. The van der Waals surface area contributed by atoms with Crippen molar-refractivity contribution in [3.05, 3.63) is 29.8 Å². The molecule has 1 aromatic carbocycles. The largest absolute Gasteiger partial charge is 0.508 e. The lowest BCUT2D eigenvalue weighted by Crippen LogP contribution is -2.11. The van der Waals surface area contributed by atoms with Crippen LogP contribution < -0.4 is 0 Å². The van der Waals surface area contributed by atoms with Crippen LogP contribution in [0.5, 0.6) is 5.75 Å². The molecule has 0 amide bonds. The predicted octanol–water partition coefficient (Wildman–Crippen LogP) is 4.71. The molecule has 1 rings (SSSR count). The van der Waals surface area contributed by atoms with E-state index in [9.17, 15) is 4.79 Å². The highest BCUT2D eigenvalue weighted by Crippen LogP contribution is 2.10. The second-order valence-electron chi connectivity index (χ2n) is 5.77. The fraction of sp³-hybridized carbons (Fsp3) is 0.632. The molecule has 0 unspecified atom stereocenters. The van der Waals surface area contributed by atoms with Crippen LogP contribution in [-0.4, -0.2) is 30.9 Å². The number of hydrogen-bond acceptors (Lipinski definition) is 4. The van der Waals surface area contributed by atoms with Crippen molar-refractivity contribution < 1.29 is 19.4 Å². The smallest absolute Gasteiger partial charge is 0.338 e. The van der Waals surface area contributed by atoms with Gasteiger partial charge in [0.15, 0.2) is 0 Å². The number of phenols is 1. The van der Waals surface area contributed by atoms with E-state index in [-0.39, 0.29) is 18.3 Å². The standard InChI is InChI=1S/C19H30O4/c1-2-3-4-5-6-7-8-9-14-22-15-16-23-19(21)17-10-12-18(20)13-11-17/h10-13,20H,2-9,14-16H2,1H3. The maximum Gasteiger partial charge on any atom is 0.338 e. The summed E-state index contributed by atoms with van der Waals surface area (Å²) in [7, 11) is 0. The van der Waals surface area contributed by atoms with E-state index < -0.39 is 0 Å². The van der Waals surface area contributed by atoms with Gasteiger partial charge in [0.2, 0.25) is 0 Å². The fourth-order valence-corrected chi connectivity index (χ4v) is 2.31. The summed E-state index contributed by atoms with van der Waals surface area (Å²) in [5.41, 5.74) is 0.436. The molecular formula is C19H30O4. The average Bonchev–Trinajstić information content (AvgIpc) is 2.56. The molecule has 1 aromatic rings. The van der Waals surface area contributed by atoms with Crippen LogP contribution in [0.3, 0.4) is 0 Å². The second kappa shape index (κ2) is 12.9. The van der Waals surface area contributed by atoms with Gasteiger partial charge in [0.05, 0.1) is 12.2 Å². The van der Waals surface area contributed by atoms with Crippen LogP contribution in [0.2, 0.25) is 0 Å². The fourth-order valence-electron chi connectivity index (χ4n) is 2.31. The summed E-state index contributed by atoms with van der Waals surface area (Å²) in [5, 5.41) is 9.15. The number of aromatic hydroxyl groups is 1. The van der Waals surface area contributed by atoms with Gasteiger partial charge in [-0.1, -0.05) is 51.9 Å². The molecule has 0 aliphatic heterocycles. The molecule has 0 heterocycles. The van der Waals surface area contributed by atoms with E-state index in [1.54, 1.807) is 12.1 Å². The van der Waals surface area contributed by atoms with Gasteiger partial charge in [-0.25, -0.2) is 4.79 Å². The Morgan fingerprint density at radius 2 is 1.48 bits per heavy atom. The van der Waals surface area contributed by atoms with Gasteiger partial charge in [0, 0.05) is 6.61 Å². The number of carbonyl (C=O) groups excluding carboxylic acids is 1. The van der Waals surface area contributed by atoms with E-state index in [4.69, 9.17) is 14.6 Å². The molecular weight excluding hydrogens is 292 g/mol. The Bertz CT molecular complexity index is 414. The molecule has 0 bridgehead atoms. The average molecular weight is 322 g/mol. The molecule has 0 fully saturated rings. The highest BCUT2D eigenvalue weighted by atomic mass is 16.6. The molecule has 0 saturated heterocycles. The zero-order valence-electron chi connectivity index (χ0n) is 14.3. The third-order valence-electron chi connectivity index (χ3n) is 3.71. The second-order valence-corrected chi connectivity index (χ2v) is 5.77. The summed E-state index contributed by atoms with van der Waals surface area (Å²) in [6.45, 7) is 3.65. The lowest BCUT2D eigenvalue weighted by atomic mass is 10.1. The minimum Gasteiger partial charge on any atom is -0.508 e. The summed E-state index contributed by atoms with van der Waals surface area (Å²) in [5.74, 6) is -0.254. The van der Waals surface area contributed by atoms with Crippen molar-refractivity contribution >= 4 is 5.97 Å². The monoisotopic (exact) mass is 322 g/mol. The molecule has 23 heavy (non-hydrogen) atoms. The number of ether oxygens (including phenoxy) is 2. The van der Waals surface area contributed by atoms with Gasteiger partial charge in [-0.05, 0) is 30.7 Å². The molecule has 4 heteroatoms. The molecule has 0 saturated carbocycles. The first-order chi connectivity index (χ1) is 11.2. The molecule has 0 atom stereocenters. The van der Waals surface area contributed by atoms with Crippen molar-refractivity contribution in [3.8, 4) is 5.75 Å². The molecule has 0 radical (unpaired) electrons. The molecule has 1 N–H and O–H groups in total. The summed E-state index contributed by atoms with van der Waals surface area (Å²) < 4.78 is 10.6. The third kappa shape index (κ3) is 9.95. The zero-order valence-corrected chi connectivity index (χ0v) is 14.3. The van der Waals surface area contributed by atoms with Gasteiger partial charge in [-0.3, -0.25) is 0 Å². The van der Waals surface area contributed by atoms with Crippen LogP contribution in [0.25, 0.3) is 0 Å². The lowest BCUT2D eigenvalue weighted by molar-refractivity contribution is 0.0312. The number of unbranched alkanes of at least 4 members (excludes halogenated alkanes) is 7.